The number of amides is 3. The third-order valence-corrected chi connectivity index (χ3v) is 3.86. The molecule has 3 amide bonds. The molecule has 0 aliphatic rings. The van der Waals surface area contributed by atoms with Crippen LogP contribution in [0.2, 0.25) is 0 Å². The number of ether oxygens (including phenoxy) is 1. The predicted octanol–water partition coefficient (Wildman–Crippen LogP) is -0.817. The second-order valence-electron chi connectivity index (χ2n) is 6.70. The molecule has 8 nitrogen and oxygen atoms in total. The number of benzene rings is 1. The minimum atomic E-state index is -0.482. The Bertz CT molecular complexity index is 680. The first-order valence-corrected chi connectivity index (χ1v) is 9.84. The average Bonchev–Trinajstić information content (AvgIpc) is 2.66. The maximum Gasteiger partial charge on any atom is 1.00 e. The number of hydrogen-bond acceptors (Lipinski definition) is 5. The van der Waals surface area contributed by atoms with Crippen molar-refractivity contribution in [1.82, 2.24) is 10.6 Å². The van der Waals surface area contributed by atoms with Crippen molar-refractivity contribution < 1.29 is 82.1 Å². The van der Waals surface area contributed by atoms with Crippen LogP contribution in [0.25, 0.3) is 5.32 Å². The zero-order valence-electron chi connectivity index (χ0n) is 18.2. The minimum absolute atomic E-state index is 0. The van der Waals surface area contributed by atoms with E-state index in [9.17, 15) is 19.2 Å². The number of nitrogens with zero attached hydrogens (tertiary/aromatic N) is 1. The summed E-state index contributed by atoms with van der Waals surface area (Å²) in [6.07, 6.45) is 3.59. The molecule has 0 aromatic heterocycles. The molecule has 0 heterocycles. The van der Waals surface area contributed by atoms with E-state index in [-0.39, 0.29) is 102 Å². The van der Waals surface area contributed by atoms with Crippen molar-refractivity contribution in [3.8, 4) is 0 Å². The van der Waals surface area contributed by atoms with Crippen molar-refractivity contribution in [2.24, 2.45) is 0 Å². The Morgan fingerprint density at radius 3 is 2.23 bits per heavy atom. The van der Waals surface area contributed by atoms with Crippen LogP contribution >= 0.6 is 0 Å². The number of ketones is 1. The van der Waals surface area contributed by atoms with E-state index in [0.717, 1.165) is 24.8 Å². The van der Waals surface area contributed by atoms with Crippen LogP contribution in [0, 0.1) is 0 Å². The van der Waals surface area contributed by atoms with Crippen molar-refractivity contribution in [3.63, 3.8) is 0 Å². The molecule has 0 aliphatic carbocycles. The fourth-order valence-electron chi connectivity index (χ4n) is 2.40. The van der Waals surface area contributed by atoms with E-state index in [4.69, 9.17) is 4.74 Å². The van der Waals surface area contributed by atoms with Gasteiger partial charge in [0.1, 0.15) is 6.61 Å². The third-order valence-electron chi connectivity index (χ3n) is 3.86. The first kappa shape index (κ1) is 29.1. The molecule has 0 saturated carbocycles. The summed E-state index contributed by atoms with van der Waals surface area (Å²) in [4.78, 5) is 46.0. The van der Waals surface area contributed by atoms with Gasteiger partial charge in [-0.05, 0) is 18.9 Å². The Hall–Kier alpha value is -0.935. The van der Waals surface area contributed by atoms with E-state index in [0.29, 0.717) is 18.8 Å². The van der Waals surface area contributed by atoms with Crippen molar-refractivity contribution in [3.05, 3.63) is 35.1 Å². The van der Waals surface area contributed by atoms with Gasteiger partial charge in [0.2, 0.25) is 11.8 Å². The number of carbonyl (C=O) groups is 4. The summed E-state index contributed by atoms with van der Waals surface area (Å²) in [7, 11) is 0. The van der Waals surface area contributed by atoms with Gasteiger partial charge in [0, 0.05) is 19.5 Å². The number of carbonyl (C=O) groups excluding carboxylic acids is 4. The third kappa shape index (κ3) is 15.0. The van der Waals surface area contributed by atoms with Crippen molar-refractivity contribution >= 4 is 29.2 Å². The molecule has 30 heavy (non-hydrogen) atoms. The molecule has 0 fully saturated rings. The molecular weight excluding hydrogens is 460 g/mol. The van der Waals surface area contributed by atoms with E-state index in [1.807, 2.05) is 0 Å². The van der Waals surface area contributed by atoms with Gasteiger partial charge >= 0.3 is 58.2 Å². The minimum Gasteiger partial charge on any atom is -0.625 e. The monoisotopic (exact) mass is 489 g/mol. The fraction of sp³-hybridized carbons (Fsp3) is 0.524. The van der Waals surface area contributed by atoms with Gasteiger partial charge in [-0.15, -0.1) is 5.69 Å². The summed E-state index contributed by atoms with van der Waals surface area (Å²) >= 11 is 0. The van der Waals surface area contributed by atoms with Crippen LogP contribution in [0.3, 0.4) is 0 Å². The molecule has 0 unspecified atom stereocenters. The van der Waals surface area contributed by atoms with E-state index in [1.165, 1.54) is 6.92 Å². The van der Waals surface area contributed by atoms with E-state index in [1.54, 1.807) is 24.3 Å². The van der Waals surface area contributed by atoms with Crippen molar-refractivity contribution in [2.45, 2.75) is 46.0 Å². The Kier molecular flexibility index (Phi) is 17.2. The number of unbranched alkanes of at least 4 members (excludes halogenated alkanes) is 2. The largest absolute Gasteiger partial charge is 1.00 e. The quantitative estimate of drug-likeness (QED) is 0.331. The molecule has 1 rings (SSSR count). The maximum absolute atomic E-state index is 12.0. The molecular formula is C21H30N3O5Rb. The molecule has 1 aromatic rings. The summed E-state index contributed by atoms with van der Waals surface area (Å²) in [5, 5.41) is 9.41. The second kappa shape index (κ2) is 17.7. The maximum atomic E-state index is 12.0. The number of Topliss-reactive ketones (excluding diaryl/α,β-unsaturated/α-hetero) is 1. The van der Waals surface area contributed by atoms with Crippen LogP contribution < -0.4 is 68.8 Å². The molecule has 1 aromatic carbocycles. The van der Waals surface area contributed by atoms with Crippen LogP contribution in [-0.2, 0) is 30.3 Å². The zero-order chi connectivity index (χ0) is 21.5. The molecule has 0 aliphatic heterocycles. The van der Waals surface area contributed by atoms with Gasteiger partial charge in [0.15, 0.2) is 5.78 Å². The normalized spacial score (nSPS) is 9.93. The molecule has 0 radical (unpaired) electrons. The fourth-order valence-corrected chi connectivity index (χ4v) is 2.40. The molecule has 0 spiro atoms. The summed E-state index contributed by atoms with van der Waals surface area (Å²) in [5.41, 5.74) is 1.22. The van der Waals surface area contributed by atoms with Crippen LogP contribution in [0.15, 0.2) is 24.3 Å². The van der Waals surface area contributed by atoms with Crippen LogP contribution in [-0.4, -0.2) is 49.8 Å². The van der Waals surface area contributed by atoms with Gasteiger partial charge in [-0.25, -0.2) is 0 Å². The summed E-state index contributed by atoms with van der Waals surface area (Å²) in [6.45, 7) is 4.07. The number of nitrogens with one attached hydrogen (secondary N) is 2. The van der Waals surface area contributed by atoms with Gasteiger partial charge in [-0.3, -0.25) is 14.4 Å². The number of hydrogen-bond donors (Lipinski definition) is 2. The van der Waals surface area contributed by atoms with Gasteiger partial charge in [-0.1, -0.05) is 44.0 Å². The van der Waals surface area contributed by atoms with Gasteiger partial charge in [0.25, 0.3) is 0 Å². The Labute approximate surface area is 227 Å². The van der Waals surface area contributed by atoms with Crippen LogP contribution in [0.4, 0.5) is 5.69 Å². The smallest absolute Gasteiger partial charge is 0.625 e. The zero-order valence-corrected chi connectivity index (χ0v) is 23.1. The topological polar surface area (TPSA) is 116 Å². The Morgan fingerprint density at radius 2 is 1.60 bits per heavy atom. The van der Waals surface area contributed by atoms with Crippen LogP contribution in [0.5, 0.6) is 0 Å². The second-order valence-corrected chi connectivity index (χ2v) is 6.70. The van der Waals surface area contributed by atoms with Gasteiger partial charge in [0.05, 0.1) is 18.9 Å². The van der Waals surface area contributed by atoms with Gasteiger partial charge < -0.3 is 25.5 Å². The van der Waals surface area contributed by atoms with Gasteiger partial charge in [-0.2, -0.15) is 0 Å². The predicted molar refractivity (Wildman–Crippen MR) is 110 cm³/mol. The SMILES string of the molecule is CCCCCNC(=O)CCNC(=O)Cc1ccc([N-]C(=O)COCC(C)=O)cc1.[Rb+]. The molecule has 0 saturated heterocycles. The standard InChI is InChI=1S/C21H31N3O5.Rb/c1-3-4-5-11-22-19(26)10-12-23-20(27)13-17-6-8-18(9-7-17)24-21(28)15-29-14-16(2)25;/h6-9H,3-5,10-15H2,1-2H3,(H3,22,23,24,26,27,28);/q;+1/p-1. The average molecular weight is 490 g/mol. The Morgan fingerprint density at radius 1 is 0.933 bits per heavy atom. The number of rotatable bonds is 14. The Balaban J connectivity index is 0.00000841. The van der Waals surface area contributed by atoms with E-state index < -0.39 is 5.91 Å². The molecule has 0 bridgehead atoms. The first-order valence-electron chi connectivity index (χ1n) is 9.84. The molecule has 2 N–H and O–H groups in total. The first-order chi connectivity index (χ1) is 13.9. The summed E-state index contributed by atoms with van der Waals surface area (Å²) in [5.74, 6) is -0.885. The van der Waals surface area contributed by atoms with Crippen molar-refractivity contribution in [2.75, 3.05) is 26.3 Å². The molecule has 0 atom stereocenters. The molecule has 9 heteroatoms. The summed E-state index contributed by atoms with van der Waals surface area (Å²) < 4.78 is 4.92. The van der Waals surface area contributed by atoms with Crippen molar-refractivity contribution in [1.29, 1.82) is 0 Å². The molecule has 160 valence electrons. The van der Waals surface area contributed by atoms with E-state index >= 15 is 0 Å². The van der Waals surface area contributed by atoms with Crippen LogP contribution in [0.1, 0.15) is 45.1 Å². The van der Waals surface area contributed by atoms with E-state index in [2.05, 4.69) is 22.9 Å². The summed E-state index contributed by atoms with van der Waals surface area (Å²) in [6, 6.07) is 6.69.